The van der Waals surface area contributed by atoms with Gasteiger partial charge in [-0.25, -0.2) is 0 Å². The van der Waals surface area contributed by atoms with Gasteiger partial charge in [0.15, 0.2) is 0 Å². The Kier molecular flexibility index (Phi) is 6.53. The van der Waals surface area contributed by atoms with Crippen molar-refractivity contribution in [3.05, 3.63) is 87.8 Å². The highest BCUT2D eigenvalue weighted by molar-refractivity contribution is 8.26. The Morgan fingerprint density at radius 3 is 2.53 bits per heavy atom. The number of thiocarbonyl (C=S) groups is 1. The predicted molar refractivity (Wildman–Crippen MR) is 145 cm³/mol. The van der Waals surface area contributed by atoms with Crippen molar-refractivity contribution >= 4 is 80.9 Å². The second kappa shape index (κ2) is 9.58. The summed E-state index contributed by atoms with van der Waals surface area (Å²) in [6.07, 6.45) is 1.98. The first-order valence-electron chi connectivity index (χ1n) is 10.6. The largest absolute Gasteiger partial charge is 0.292 e. The van der Waals surface area contributed by atoms with Crippen LogP contribution in [0.4, 0.5) is 11.4 Å². The molecule has 0 bridgehead atoms. The summed E-state index contributed by atoms with van der Waals surface area (Å²) in [7, 11) is 0. The first kappa shape index (κ1) is 23.2. The van der Waals surface area contributed by atoms with Crippen LogP contribution in [0.5, 0.6) is 0 Å². The van der Waals surface area contributed by atoms with Crippen LogP contribution in [0.2, 0.25) is 5.02 Å². The fraction of sp³-hybridized carbons (Fsp3) is 0.115. The molecule has 8 heteroatoms. The van der Waals surface area contributed by atoms with Gasteiger partial charge in [-0.1, -0.05) is 89.3 Å². The zero-order valence-corrected chi connectivity index (χ0v) is 21.4. The lowest BCUT2D eigenvalue weighted by Crippen LogP contribution is -2.35. The highest BCUT2D eigenvalue weighted by Gasteiger charge is 2.34. The van der Waals surface area contributed by atoms with Crippen molar-refractivity contribution in [1.29, 1.82) is 0 Å². The number of nitrogens with zero attached hydrogens (tertiary/aromatic N) is 2. The van der Waals surface area contributed by atoms with Crippen molar-refractivity contribution in [3.63, 3.8) is 0 Å². The summed E-state index contributed by atoms with van der Waals surface area (Å²) >= 11 is 14.6. The van der Waals surface area contributed by atoms with E-state index < -0.39 is 0 Å². The molecule has 3 aromatic carbocycles. The lowest BCUT2D eigenvalue weighted by molar-refractivity contribution is -0.123. The molecule has 1 saturated heterocycles. The summed E-state index contributed by atoms with van der Waals surface area (Å²) < 4.78 is 0.467. The van der Waals surface area contributed by atoms with Crippen molar-refractivity contribution in [2.75, 3.05) is 11.4 Å². The maximum atomic E-state index is 13.5. The monoisotopic (exact) mass is 522 g/mol. The Balaban J connectivity index is 1.36. The van der Waals surface area contributed by atoms with Gasteiger partial charge in [0.2, 0.25) is 5.91 Å². The highest BCUT2D eigenvalue weighted by atomic mass is 35.5. The highest BCUT2D eigenvalue weighted by Crippen LogP contribution is 2.49. The van der Waals surface area contributed by atoms with E-state index in [2.05, 4.69) is 0 Å². The average Bonchev–Trinajstić information content (AvgIpc) is 3.09. The number of hydrogen-bond acceptors (Lipinski definition) is 5. The van der Waals surface area contributed by atoms with Crippen LogP contribution in [0.1, 0.15) is 17.5 Å². The van der Waals surface area contributed by atoms with E-state index in [1.807, 2.05) is 79.7 Å². The number of fused-ring (bicyclic) bond motifs is 2. The van der Waals surface area contributed by atoms with Crippen molar-refractivity contribution in [2.24, 2.45) is 0 Å². The van der Waals surface area contributed by atoms with Crippen LogP contribution < -0.4 is 4.90 Å². The molecule has 4 nitrogen and oxygen atoms in total. The summed E-state index contributed by atoms with van der Waals surface area (Å²) in [6.45, 7) is 2.24. The molecule has 0 N–H and O–H groups in total. The normalized spacial score (nSPS) is 16.1. The molecule has 0 spiro atoms. The number of rotatable bonds is 4. The summed E-state index contributed by atoms with van der Waals surface area (Å²) in [5.74, 6) is -0.283. The third kappa shape index (κ3) is 4.53. The molecule has 0 radical (unpaired) electrons. The molecule has 2 heterocycles. The molecule has 2 amide bonds. The molecule has 2 aliphatic rings. The van der Waals surface area contributed by atoms with E-state index >= 15 is 0 Å². The minimum absolute atomic E-state index is 0.118. The molecular formula is C26H19ClN2O2S3. The van der Waals surface area contributed by atoms with E-state index in [0.29, 0.717) is 14.2 Å². The second-order valence-electron chi connectivity index (χ2n) is 7.91. The van der Waals surface area contributed by atoms with Gasteiger partial charge in [0.05, 0.1) is 16.3 Å². The van der Waals surface area contributed by atoms with Crippen molar-refractivity contribution in [1.82, 2.24) is 4.90 Å². The molecule has 0 saturated carbocycles. The molecule has 34 heavy (non-hydrogen) atoms. The third-order valence-electron chi connectivity index (χ3n) is 5.54. The molecule has 5 rings (SSSR count). The van der Waals surface area contributed by atoms with E-state index in [0.717, 1.165) is 32.3 Å². The number of aryl methyl sites for hydroxylation is 1. The topological polar surface area (TPSA) is 40.6 Å². The zero-order chi connectivity index (χ0) is 23.8. The maximum Gasteiger partial charge on any atom is 0.266 e. The van der Waals surface area contributed by atoms with Crippen molar-refractivity contribution in [3.8, 4) is 0 Å². The van der Waals surface area contributed by atoms with E-state index in [9.17, 15) is 9.59 Å². The minimum Gasteiger partial charge on any atom is -0.292 e. The van der Waals surface area contributed by atoms with Gasteiger partial charge in [0, 0.05) is 27.8 Å². The molecule has 0 aliphatic carbocycles. The van der Waals surface area contributed by atoms with E-state index in [1.54, 1.807) is 16.7 Å². The Labute approximate surface area is 217 Å². The summed E-state index contributed by atoms with van der Waals surface area (Å²) in [5, 5.41) is 0.565. The summed E-state index contributed by atoms with van der Waals surface area (Å²) in [4.78, 5) is 32.2. The Morgan fingerprint density at radius 2 is 1.74 bits per heavy atom. The fourth-order valence-electron chi connectivity index (χ4n) is 3.82. The van der Waals surface area contributed by atoms with Crippen LogP contribution in [-0.4, -0.2) is 27.6 Å². The quantitative estimate of drug-likeness (QED) is 0.271. The number of benzene rings is 3. The number of thioether (sulfide) groups is 1. The standard InChI is InChI=1S/C26H19ClN2O2S3/c1-16-6-8-17(9-7-16)14-23-25(31)28(26(32)34-23)13-12-24(30)29-19-4-2-3-5-21(19)33-22-11-10-18(27)15-20(22)29/h2-11,14-15H,12-13H2,1H3/b23-14+. The van der Waals surface area contributed by atoms with Crippen molar-refractivity contribution < 1.29 is 9.59 Å². The minimum atomic E-state index is -0.165. The number of halogens is 1. The van der Waals surface area contributed by atoms with Crippen LogP contribution >= 0.6 is 47.3 Å². The molecule has 0 atom stereocenters. The first-order chi connectivity index (χ1) is 16.4. The van der Waals surface area contributed by atoms with Crippen LogP contribution in [0.25, 0.3) is 6.08 Å². The number of anilines is 2. The molecule has 1 fully saturated rings. The number of hydrogen-bond donors (Lipinski definition) is 0. The van der Waals surface area contributed by atoms with Gasteiger partial charge in [0.25, 0.3) is 5.91 Å². The zero-order valence-electron chi connectivity index (χ0n) is 18.2. The molecule has 0 unspecified atom stereocenters. The van der Waals surface area contributed by atoms with E-state index in [4.69, 9.17) is 23.8 Å². The van der Waals surface area contributed by atoms with E-state index in [-0.39, 0.29) is 24.8 Å². The molecule has 0 aromatic heterocycles. The van der Waals surface area contributed by atoms with Gasteiger partial charge in [-0.15, -0.1) is 0 Å². The maximum absolute atomic E-state index is 13.5. The lowest BCUT2D eigenvalue weighted by Gasteiger charge is -2.31. The van der Waals surface area contributed by atoms with Crippen LogP contribution in [-0.2, 0) is 9.59 Å². The van der Waals surface area contributed by atoms with Gasteiger partial charge in [0.1, 0.15) is 4.32 Å². The molecular weight excluding hydrogens is 504 g/mol. The Hall–Kier alpha value is -2.58. The molecule has 3 aromatic rings. The number of para-hydroxylation sites is 1. The lowest BCUT2D eigenvalue weighted by atomic mass is 10.1. The van der Waals surface area contributed by atoms with Crippen LogP contribution in [0.15, 0.2) is 81.4 Å². The molecule has 170 valence electrons. The Morgan fingerprint density at radius 1 is 1.00 bits per heavy atom. The smallest absolute Gasteiger partial charge is 0.266 e. The van der Waals surface area contributed by atoms with Crippen LogP contribution in [0.3, 0.4) is 0 Å². The van der Waals surface area contributed by atoms with E-state index in [1.165, 1.54) is 16.7 Å². The fourth-order valence-corrected chi connectivity index (χ4v) is 6.34. The van der Waals surface area contributed by atoms with Gasteiger partial charge < -0.3 is 0 Å². The van der Waals surface area contributed by atoms with Gasteiger partial charge in [-0.3, -0.25) is 19.4 Å². The number of amides is 2. The first-order valence-corrected chi connectivity index (χ1v) is 13.0. The third-order valence-corrected chi connectivity index (χ3v) is 8.28. The molecule has 2 aliphatic heterocycles. The Bertz CT molecular complexity index is 1350. The average molecular weight is 523 g/mol. The summed E-state index contributed by atoms with van der Waals surface area (Å²) in [6, 6.07) is 21.3. The number of carbonyl (C=O) groups is 2. The predicted octanol–water partition coefficient (Wildman–Crippen LogP) is 7.07. The van der Waals surface area contributed by atoms with Gasteiger partial charge in [-0.2, -0.15) is 0 Å². The second-order valence-corrected chi connectivity index (χ2v) is 11.1. The summed E-state index contributed by atoms with van der Waals surface area (Å²) in [5.41, 5.74) is 3.67. The van der Waals surface area contributed by atoms with Gasteiger partial charge >= 0.3 is 0 Å². The number of carbonyl (C=O) groups excluding carboxylic acids is 2. The van der Waals surface area contributed by atoms with Crippen LogP contribution in [0, 0.1) is 6.92 Å². The van der Waals surface area contributed by atoms with Gasteiger partial charge in [-0.05, 0) is 48.9 Å². The SMILES string of the molecule is Cc1ccc(/C=C2/SC(=S)N(CCC(=O)N3c4ccccc4Sc4ccc(Cl)cc43)C2=O)cc1. The van der Waals surface area contributed by atoms with Crippen molar-refractivity contribution in [2.45, 2.75) is 23.1 Å².